The number of carbonyl (C=O) groups is 2. The van der Waals surface area contributed by atoms with E-state index in [9.17, 15) is 9.59 Å². The SMILES string of the molecule is COCCOc1ccc(C(=O)NNC(=O)c2ccc(OCCC(C)C)cc2)cc1Br. The number of ether oxygens (including phenoxy) is 3. The highest BCUT2D eigenvalue weighted by atomic mass is 79.9. The quantitative estimate of drug-likeness (QED) is 0.398. The minimum Gasteiger partial charge on any atom is -0.494 e. The molecule has 30 heavy (non-hydrogen) atoms. The van der Waals surface area contributed by atoms with Crippen LogP contribution in [0.1, 0.15) is 41.0 Å². The maximum atomic E-state index is 12.3. The summed E-state index contributed by atoms with van der Waals surface area (Å²) in [6, 6.07) is 11.7. The van der Waals surface area contributed by atoms with E-state index in [1.54, 1.807) is 49.6 Å². The Kier molecular flexibility index (Phi) is 9.63. The largest absolute Gasteiger partial charge is 0.494 e. The molecule has 2 amide bonds. The molecule has 0 saturated heterocycles. The van der Waals surface area contributed by atoms with Crippen LogP contribution in [0.25, 0.3) is 0 Å². The fraction of sp³-hybridized carbons (Fsp3) is 0.364. The zero-order chi connectivity index (χ0) is 21.9. The maximum Gasteiger partial charge on any atom is 0.269 e. The van der Waals surface area contributed by atoms with Gasteiger partial charge in [-0.2, -0.15) is 0 Å². The standard InChI is InChI=1S/C22H27BrN2O5/c1-15(2)10-11-29-18-7-4-16(5-8-18)21(26)24-25-22(27)17-6-9-20(19(23)14-17)30-13-12-28-3/h4-9,14-15H,10-13H2,1-3H3,(H,24,26)(H,25,27). The molecular formula is C22H27BrN2O5. The van der Waals surface area contributed by atoms with Gasteiger partial charge in [0.25, 0.3) is 11.8 Å². The Morgan fingerprint density at radius 1 is 0.900 bits per heavy atom. The van der Waals surface area contributed by atoms with Crippen LogP contribution in [0.15, 0.2) is 46.9 Å². The third-order valence-corrected chi connectivity index (χ3v) is 4.73. The lowest BCUT2D eigenvalue weighted by atomic mass is 10.1. The molecule has 0 radical (unpaired) electrons. The third-order valence-electron chi connectivity index (χ3n) is 4.11. The van der Waals surface area contributed by atoms with Gasteiger partial charge in [-0.3, -0.25) is 20.4 Å². The fourth-order valence-electron chi connectivity index (χ4n) is 2.37. The number of carbonyl (C=O) groups excluding carboxylic acids is 2. The predicted octanol–water partition coefficient (Wildman–Crippen LogP) is 3.97. The fourth-order valence-corrected chi connectivity index (χ4v) is 2.86. The molecule has 2 aromatic carbocycles. The molecule has 0 atom stereocenters. The molecule has 0 saturated carbocycles. The van der Waals surface area contributed by atoms with Crippen LogP contribution in [0.5, 0.6) is 11.5 Å². The topological polar surface area (TPSA) is 85.9 Å². The number of benzene rings is 2. The Hall–Kier alpha value is -2.58. The summed E-state index contributed by atoms with van der Waals surface area (Å²) in [5.41, 5.74) is 5.60. The number of hydrogen-bond donors (Lipinski definition) is 2. The van der Waals surface area contributed by atoms with Gasteiger partial charge in [-0.1, -0.05) is 13.8 Å². The Morgan fingerprint density at radius 2 is 1.53 bits per heavy atom. The molecule has 0 unspecified atom stereocenters. The van der Waals surface area contributed by atoms with Crippen molar-refractivity contribution >= 4 is 27.7 Å². The zero-order valence-electron chi connectivity index (χ0n) is 17.4. The smallest absolute Gasteiger partial charge is 0.269 e. The van der Waals surface area contributed by atoms with Gasteiger partial charge in [0, 0.05) is 18.2 Å². The molecule has 0 bridgehead atoms. The Labute approximate surface area is 185 Å². The first kappa shape index (κ1) is 23.7. The summed E-state index contributed by atoms with van der Waals surface area (Å²) >= 11 is 3.37. The van der Waals surface area contributed by atoms with Crippen molar-refractivity contribution in [3.05, 3.63) is 58.1 Å². The van der Waals surface area contributed by atoms with Gasteiger partial charge in [-0.15, -0.1) is 0 Å². The summed E-state index contributed by atoms with van der Waals surface area (Å²) < 4.78 is 16.7. The summed E-state index contributed by atoms with van der Waals surface area (Å²) in [4.78, 5) is 24.6. The normalized spacial score (nSPS) is 10.6. The number of amides is 2. The van der Waals surface area contributed by atoms with Crippen LogP contribution in [0.2, 0.25) is 0 Å². The van der Waals surface area contributed by atoms with Crippen molar-refractivity contribution in [2.45, 2.75) is 20.3 Å². The van der Waals surface area contributed by atoms with E-state index < -0.39 is 11.8 Å². The highest BCUT2D eigenvalue weighted by Crippen LogP contribution is 2.26. The van der Waals surface area contributed by atoms with Gasteiger partial charge >= 0.3 is 0 Å². The van der Waals surface area contributed by atoms with Crippen LogP contribution in [0.3, 0.4) is 0 Å². The second kappa shape index (κ2) is 12.2. The second-order valence-corrected chi connectivity index (χ2v) is 7.80. The van der Waals surface area contributed by atoms with Gasteiger partial charge < -0.3 is 14.2 Å². The average molecular weight is 479 g/mol. The highest BCUT2D eigenvalue weighted by molar-refractivity contribution is 9.10. The monoisotopic (exact) mass is 478 g/mol. The van der Waals surface area contributed by atoms with Crippen molar-refractivity contribution in [2.75, 3.05) is 26.9 Å². The highest BCUT2D eigenvalue weighted by Gasteiger charge is 2.12. The number of halogens is 1. The number of rotatable bonds is 10. The van der Waals surface area contributed by atoms with E-state index in [1.165, 1.54) is 0 Å². The Bertz CT molecular complexity index is 840. The van der Waals surface area contributed by atoms with Gasteiger partial charge in [-0.05, 0) is 70.7 Å². The molecule has 162 valence electrons. The average Bonchev–Trinajstić information content (AvgIpc) is 2.73. The van der Waals surface area contributed by atoms with E-state index >= 15 is 0 Å². The molecule has 7 nitrogen and oxygen atoms in total. The summed E-state index contributed by atoms with van der Waals surface area (Å²) in [5, 5.41) is 0. The summed E-state index contributed by atoms with van der Waals surface area (Å²) in [6.07, 6.45) is 0.963. The molecule has 0 aromatic heterocycles. The van der Waals surface area contributed by atoms with E-state index in [2.05, 4.69) is 40.6 Å². The van der Waals surface area contributed by atoms with E-state index in [0.29, 0.717) is 52.8 Å². The lowest BCUT2D eigenvalue weighted by molar-refractivity contribution is 0.0846. The molecular weight excluding hydrogens is 452 g/mol. The van der Waals surface area contributed by atoms with Gasteiger partial charge in [0.05, 0.1) is 17.7 Å². The van der Waals surface area contributed by atoms with Crippen LogP contribution < -0.4 is 20.3 Å². The molecule has 2 N–H and O–H groups in total. The lowest BCUT2D eigenvalue weighted by Gasteiger charge is -2.11. The van der Waals surface area contributed by atoms with E-state index in [4.69, 9.17) is 14.2 Å². The Morgan fingerprint density at radius 3 is 2.13 bits per heavy atom. The summed E-state index contributed by atoms with van der Waals surface area (Å²) in [5.74, 6) is 1.01. The number of methoxy groups -OCH3 is 1. The minimum absolute atomic E-state index is 0.371. The molecule has 2 aromatic rings. The third kappa shape index (κ3) is 7.68. The molecule has 0 aliphatic carbocycles. The van der Waals surface area contributed by atoms with Crippen LogP contribution in [-0.4, -0.2) is 38.7 Å². The van der Waals surface area contributed by atoms with Gasteiger partial charge in [-0.25, -0.2) is 0 Å². The van der Waals surface area contributed by atoms with Gasteiger partial charge in [0.15, 0.2) is 0 Å². The first-order valence-electron chi connectivity index (χ1n) is 9.65. The summed E-state index contributed by atoms with van der Waals surface area (Å²) in [7, 11) is 1.59. The molecule has 0 heterocycles. The van der Waals surface area contributed by atoms with Crippen LogP contribution in [0, 0.1) is 5.92 Å². The van der Waals surface area contributed by atoms with Crippen molar-refractivity contribution in [1.29, 1.82) is 0 Å². The van der Waals surface area contributed by atoms with E-state index in [0.717, 1.165) is 6.42 Å². The number of nitrogens with one attached hydrogen (secondary N) is 2. The maximum absolute atomic E-state index is 12.3. The zero-order valence-corrected chi connectivity index (χ0v) is 19.0. The second-order valence-electron chi connectivity index (χ2n) is 6.95. The number of hydrogen-bond acceptors (Lipinski definition) is 5. The molecule has 0 aliphatic rings. The van der Waals surface area contributed by atoms with E-state index in [-0.39, 0.29) is 0 Å². The minimum atomic E-state index is -0.443. The van der Waals surface area contributed by atoms with Crippen LogP contribution in [0.4, 0.5) is 0 Å². The van der Waals surface area contributed by atoms with Crippen molar-refractivity contribution < 1.29 is 23.8 Å². The van der Waals surface area contributed by atoms with E-state index in [1.807, 2.05) is 0 Å². The Balaban J connectivity index is 1.85. The lowest BCUT2D eigenvalue weighted by Crippen LogP contribution is -2.41. The summed E-state index contributed by atoms with van der Waals surface area (Å²) in [6.45, 7) is 5.76. The molecule has 0 aliphatic heterocycles. The van der Waals surface area contributed by atoms with Gasteiger partial charge in [0.2, 0.25) is 0 Å². The molecule has 0 fully saturated rings. The van der Waals surface area contributed by atoms with Crippen molar-refractivity contribution in [3.8, 4) is 11.5 Å². The first-order valence-corrected chi connectivity index (χ1v) is 10.4. The van der Waals surface area contributed by atoms with Crippen molar-refractivity contribution in [1.82, 2.24) is 10.9 Å². The van der Waals surface area contributed by atoms with Crippen molar-refractivity contribution in [2.24, 2.45) is 5.92 Å². The molecule has 8 heteroatoms. The first-order chi connectivity index (χ1) is 14.4. The van der Waals surface area contributed by atoms with Crippen LogP contribution >= 0.6 is 15.9 Å². The molecule has 0 spiro atoms. The van der Waals surface area contributed by atoms with Crippen molar-refractivity contribution in [3.63, 3.8) is 0 Å². The molecule has 2 rings (SSSR count). The van der Waals surface area contributed by atoms with Crippen LogP contribution in [-0.2, 0) is 4.74 Å². The predicted molar refractivity (Wildman–Crippen MR) is 118 cm³/mol. The van der Waals surface area contributed by atoms with Gasteiger partial charge in [0.1, 0.15) is 18.1 Å². The number of hydrazine groups is 1.